The van der Waals surface area contributed by atoms with Crippen molar-refractivity contribution in [3.63, 3.8) is 0 Å². The van der Waals surface area contributed by atoms with Crippen molar-refractivity contribution >= 4 is 24.0 Å². The summed E-state index contributed by atoms with van der Waals surface area (Å²) in [6.45, 7) is -0.628. The average Bonchev–Trinajstić information content (AvgIpc) is 2.90. The topological polar surface area (TPSA) is 95.9 Å². The molecule has 2 aromatic carbocycles. The fraction of sp³-hybridized carbons (Fsp3) is 0.105. The SMILES string of the molecule is O=C(O)COc1ccc(/C=C2/NC(=O)N(Cc3ccccc3F)C2=O)cc1. The molecule has 0 aromatic heterocycles. The lowest BCUT2D eigenvalue weighted by atomic mass is 10.1. The van der Waals surface area contributed by atoms with Gasteiger partial charge < -0.3 is 15.2 Å². The van der Waals surface area contributed by atoms with Crippen LogP contribution in [0, 0.1) is 5.82 Å². The molecule has 27 heavy (non-hydrogen) atoms. The predicted molar refractivity (Wildman–Crippen MR) is 93.0 cm³/mol. The number of amides is 3. The second-order valence-electron chi connectivity index (χ2n) is 5.72. The minimum atomic E-state index is -1.09. The van der Waals surface area contributed by atoms with Crippen LogP contribution in [0.5, 0.6) is 5.75 Å². The van der Waals surface area contributed by atoms with Gasteiger partial charge in [-0.15, -0.1) is 0 Å². The van der Waals surface area contributed by atoms with Gasteiger partial charge in [-0.2, -0.15) is 0 Å². The first-order valence-electron chi connectivity index (χ1n) is 7.96. The first-order valence-corrected chi connectivity index (χ1v) is 7.96. The second kappa shape index (κ2) is 7.69. The Morgan fingerprint density at radius 3 is 2.52 bits per heavy atom. The van der Waals surface area contributed by atoms with Gasteiger partial charge in [-0.1, -0.05) is 30.3 Å². The maximum atomic E-state index is 13.8. The summed E-state index contributed by atoms with van der Waals surface area (Å²) in [4.78, 5) is 35.9. The summed E-state index contributed by atoms with van der Waals surface area (Å²) in [5, 5.41) is 11.0. The van der Waals surface area contributed by atoms with Crippen molar-refractivity contribution in [3.8, 4) is 5.75 Å². The van der Waals surface area contributed by atoms with E-state index in [0.717, 1.165) is 4.90 Å². The van der Waals surface area contributed by atoms with Crippen LogP contribution in [0.4, 0.5) is 9.18 Å². The number of benzene rings is 2. The summed E-state index contributed by atoms with van der Waals surface area (Å²) in [7, 11) is 0. The lowest BCUT2D eigenvalue weighted by Crippen LogP contribution is -2.30. The van der Waals surface area contributed by atoms with Gasteiger partial charge in [-0.3, -0.25) is 9.69 Å². The Balaban J connectivity index is 1.72. The van der Waals surface area contributed by atoms with Crippen molar-refractivity contribution in [3.05, 3.63) is 71.2 Å². The van der Waals surface area contributed by atoms with Gasteiger partial charge in [-0.25, -0.2) is 14.0 Å². The fourth-order valence-electron chi connectivity index (χ4n) is 2.48. The van der Waals surface area contributed by atoms with Gasteiger partial charge >= 0.3 is 12.0 Å². The number of nitrogens with one attached hydrogen (secondary N) is 1. The molecule has 0 atom stereocenters. The molecule has 138 valence electrons. The Labute approximate surface area is 153 Å². The molecule has 1 aliphatic heterocycles. The zero-order valence-electron chi connectivity index (χ0n) is 14.0. The van der Waals surface area contributed by atoms with Crippen molar-refractivity contribution in [2.24, 2.45) is 0 Å². The first-order chi connectivity index (χ1) is 12.9. The van der Waals surface area contributed by atoms with Gasteiger partial charge in [-0.05, 0) is 29.8 Å². The lowest BCUT2D eigenvalue weighted by molar-refractivity contribution is -0.139. The first kappa shape index (κ1) is 18.1. The molecule has 0 aliphatic carbocycles. The smallest absolute Gasteiger partial charge is 0.341 e. The standard InChI is InChI=1S/C19H15FN2O5/c20-15-4-2-1-3-13(15)10-22-18(25)16(21-19(22)26)9-12-5-7-14(8-6-12)27-11-17(23)24/h1-9H,10-11H2,(H,21,26)(H,23,24)/b16-9+. The maximum Gasteiger partial charge on any atom is 0.341 e. The highest BCUT2D eigenvalue weighted by molar-refractivity contribution is 6.13. The number of imide groups is 1. The van der Waals surface area contributed by atoms with Gasteiger partial charge in [0.05, 0.1) is 6.54 Å². The predicted octanol–water partition coefficient (Wildman–Crippen LogP) is 2.38. The van der Waals surface area contributed by atoms with E-state index in [1.54, 1.807) is 30.3 Å². The zero-order chi connectivity index (χ0) is 19.4. The van der Waals surface area contributed by atoms with Crippen LogP contribution in [-0.2, 0) is 16.1 Å². The molecule has 1 aliphatic rings. The summed E-state index contributed by atoms with van der Waals surface area (Å²) in [6.07, 6.45) is 1.47. The third kappa shape index (κ3) is 4.30. The molecular weight excluding hydrogens is 355 g/mol. The van der Waals surface area contributed by atoms with Gasteiger partial charge in [0, 0.05) is 5.56 Å². The van der Waals surface area contributed by atoms with E-state index in [0.29, 0.717) is 11.3 Å². The van der Waals surface area contributed by atoms with Crippen LogP contribution in [0.15, 0.2) is 54.2 Å². The number of carbonyl (C=O) groups excluding carboxylic acids is 2. The molecule has 7 nitrogen and oxygen atoms in total. The highest BCUT2D eigenvalue weighted by atomic mass is 19.1. The van der Waals surface area contributed by atoms with Crippen molar-refractivity contribution < 1.29 is 28.6 Å². The van der Waals surface area contributed by atoms with E-state index in [2.05, 4.69) is 5.32 Å². The van der Waals surface area contributed by atoms with E-state index in [-0.39, 0.29) is 17.8 Å². The van der Waals surface area contributed by atoms with Gasteiger partial charge in [0.1, 0.15) is 17.3 Å². The Hall–Kier alpha value is -3.68. The molecular formula is C19H15FN2O5. The molecule has 2 N–H and O–H groups in total. The van der Waals surface area contributed by atoms with Crippen LogP contribution in [0.2, 0.25) is 0 Å². The van der Waals surface area contributed by atoms with E-state index in [1.807, 2.05) is 0 Å². The number of hydrogen-bond acceptors (Lipinski definition) is 4. The fourth-order valence-corrected chi connectivity index (χ4v) is 2.48. The summed E-state index contributed by atoms with van der Waals surface area (Å²) < 4.78 is 18.8. The number of hydrogen-bond donors (Lipinski definition) is 2. The number of carboxylic acid groups (broad SMARTS) is 1. The zero-order valence-corrected chi connectivity index (χ0v) is 14.0. The number of carboxylic acids is 1. The third-order valence-corrected chi connectivity index (χ3v) is 3.80. The van der Waals surface area contributed by atoms with Crippen molar-refractivity contribution in [1.82, 2.24) is 10.2 Å². The van der Waals surface area contributed by atoms with E-state index in [1.165, 1.54) is 24.3 Å². The molecule has 8 heteroatoms. The molecule has 0 spiro atoms. The Kier molecular flexibility index (Phi) is 5.16. The Bertz CT molecular complexity index is 924. The molecule has 0 radical (unpaired) electrons. The van der Waals surface area contributed by atoms with E-state index >= 15 is 0 Å². The van der Waals surface area contributed by atoms with Crippen molar-refractivity contribution in [2.45, 2.75) is 6.54 Å². The normalized spacial score (nSPS) is 15.1. The summed E-state index contributed by atoms with van der Waals surface area (Å²) >= 11 is 0. The highest BCUT2D eigenvalue weighted by Gasteiger charge is 2.33. The summed E-state index contributed by atoms with van der Waals surface area (Å²) in [5.74, 6) is -1.78. The van der Waals surface area contributed by atoms with Crippen LogP contribution in [0.25, 0.3) is 6.08 Å². The molecule has 1 heterocycles. The lowest BCUT2D eigenvalue weighted by Gasteiger charge is -2.12. The molecule has 0 unspecified atom stereocenters. The van der Waals surface area contributed by atoms with E-state index < -0.39 is 30.3 Å². The Morgan fingerprint density at radius 1 is 1.15 bits per heavy atom. The second-order valence-corrected chi connectivity index (χ2v) is 5.72. The van der Waals surface area contributed by atoms with Gasteiger partial charge in [0.15, 0.2) is 6.61 Å². The third-order valence-electron chi connectivity index (χ3n) is 3.80. The summed E-state index contributed by atoms with van der Waals surface area (Å²) in [6, 6.07) is 11.6. The molecule has 3 rings (SSSR count). The van der Waals surface area contributed by atoms with E-state index in [4.69, 9.17) is 9.84 Å². The van der Waals surface area contributed by atoms with Crippen molar-refractivity contribution in [2.75, 3.05) is 6.61 Å². The van der Waals surface area contributed by atoms with Crippen LogP contribution in [0.1, 0.15) is 11.1 Å². The highest BCUT2D eigenvalue weighted by Crippen LogP contribution is 2.19. The number of urea groups is 1. The molecule has 3 amide bonds. The quantitative estimate of drug-likeness (QED) is 0.601. The number of aliphatic carboxylic acids is 1. The number of nitrogens with zero attached hydrogens (tertiary/aromatic N) is 1. The van der Waals surface area contributed by atoms with Crippen LogP contribution >= 0.6 is 0 Å². The minimum absolute atomic E-state index is 0.0653. The molecule has 2 aromatic rings. The van der Waals surface area contributed by atoms with Crippen molar-refractivity contribution in [1.29, 1.82) is 0 Å². The maximum absolute atomic E-state index is 13.8. The number of halogens is 1. The molecule has 1 saturated heterocycles. The van der Waals surface area contributed by atoms with Gasteiger partial charge in [0.2, 0.25) is 0 Å². The van der Waals surface area contributed by atoms with Gasteiger partial charge in [0.25, 0.3) is 5.91 Å². The number of carbonyl (C=O) groups is 3. The Morgan fingerprint density at radius 2 is 1.85 bits per heavy atom. The molecule has 1 fully saturated rings. The number of ether oxygens (including phenoxy) is 1. The molecule has 0 bridgehead atoms. The largest absolute Gasteiger partial charge is 0.482 e. The minimum Gasteiger partial charge on any atom is -0.482 e. The average molecular weight is 370 g/mol. The van der Waals surface area contributed by atoms with Crippen LogP contribution < -0.4 is 10.1 Å². The monoisotopic (exact) mass is 370 g/mol. The van der Waals surface area contributed by atoms with E-state index in [9.17, 15) is 18.8 Å². The molecule has 0 saturated carbocycles. The van der Waals surface area contributed by atoms with Crippen LogP contribution in [-0.4, -0.2) is 34.5 Å². The summed E-state index contributed by atoms with van der Waals surface area (Å²) in [5.41, 5.74) is 0.909. The number of rotatable bonds is 6. The van der Waals surface area contributed by atoms with Crippen LogP contribution in [0.3, 0.4) is 0 Å².